The molecular formula is C47H29N5S. The van der Waals surface area contributed by atoms with E-state index in [9.17, 15) is 0 Å². The highest BCUT2D eigenvalue weighted by Gasteiger charge is 2.17. The van der Waals surface area contributed by atoms with Crippen LogP contribution in [0.5, 0.6) is 0 Å². The third-order valence-electron chi connectivity index (χ3n) is 9.77. The van der Waals surface area contributed by atoms with Crippen LogP contribution in [0.15, 0.2) is 176 Å². The quantitative estimate of drug-likeness (QED) is 0.162. The molecule has 0 aliphatic carbocycles. The van der Waals surface area contributed by atoms with E-state index in [1.54, 1.807) is 0 Å². The van der Waals surface area contributed by atoms with E-state index in [2.05, 4.69) is 144 Å². The fourth-order valence-electron chi connectivity index (χ4n) is 7.11. The molecule has 3 heterocycles. The second-order valence-electron chi connectivity index (χ2n) is 13.0. The summed E-state index contributed by atoms with van der Waals surface area (Å²) < 4.78 is 9.27. The van der Waals surface area contributed by atoms with Crippen LogP contribution in [0, 0.1) is 0 Å². The largest absolute Gasteiger partial charge is 0.247 e. The van der Waals surface area contributed by atoms with Crippen molar-refractivity contribution in [3.05, 3.63) is 176 Å². The SMILES string of the molecule is c1ccc(-c2ccc(-c3nc(-c4ccccc4)cc(-c4cccc(-c5ccc6c(c5)nc(-c5ccccc5)c5ccc7nsnc7c56)c4)n3)cc2)cc1. The third-order valence-corrected chi connectivity index (χ3v) is 10.3. The number of fused-ring (bicyclic) bond motifs is 5. The first-order chi connectivity index (χ1) is 26.2. The van der Waals surface area contributed by atoms with Crippen molar-refractivity contribution in [3.8, 4) is 67.4 Å². The summed E-state index contributed by atoms with van der Waals surface area (Å²) in [5.74, 6) is 0.685. The molecule has 0 atom stereocenters. The van der Waals surface area contributed by atoms with Gasteiger partial charge in [0.15, 0.2) is 5.82 Å². The Balaban J connectivity index is 1.09. The molecule has 3 aromatic heterocycles. The molecule has 5 nitrogen and oxygen atoms in total. The van der Waals surface area contributed by atoms with Crippen molar-refractivity contribution in [1.82, 2.24) is 23.7 Å². The Morgan fingerprint density at radius 1 is 0.340 bits per heavy atom. The molecule has 0 saturated carbocycles. The van der Waals surface area contributed by atoms with Crippen LogP contribution in [0.4, 0.5) is 0 Å². The van der Waals surface area contributed by atoms with Crippen LogP contribution in [0.25, 0.3) is 100 Å². The maximum Gasteiger partial charge on any atom is 0.160 e. The predicted molar refractivity (Wildman–Crippen MR) is 218 cm³/mol. The van der Waals surface area contributed by atoms with Crippen molar-refractivity contribution < 1.29 is 0 Å². The Bertz CT molecular complexity index is 2930. The van der Waals surface area contributed by atoms with E-state index in [-0.39, 0.29) is 0 Å². The zero-order chi connectivity index (χ0) is 35.1. The third kappa shape index (κ3) is 5.72. The van der Waals surface area contributed by atoms with Gasteiger partial charge in [-0.15, -0.1) is 0 Å². The number of rotatable bonds is 6. The molecule has 6 heteroatoms. The van der Waals surface area contributed by atoms with Gasteiger partial charge < -0.3 is 0 Å². The van der Waals surface area contributed by atoms with Gasteiger partial charge in [-0.25, -0.2) is 15.0 Å². The zero-order valence-corrected chi connectivity index (χ0v) is 29.2. The summed E-state index contributed by atoms with van der Waals surface area (Å²) >= 11 is 1.25. The number of nitrogens with zero attached hydrogens (tertiary/aromatic N) is 5. The lowest BCUT2D eigenvalue weighted by Gasteiger charge is -2.13. The second kappa shape index (κ2) is 13.0. The number of hydrogen-bond donors (Lipinski definition) is 0. The average molecular weight is 696 g/mol. The molecule has 248 valence electrons. The molecular weight excluding hydrogens is 667 g/mol. The lowest BCUT2D eigenvalue weighted by molar-refractivity contribution is 1.18. The van der Waals surface area contributed by atoms with Crippen LogP contribution in [0.1, 0.15) is 0 Å². The average Bonchev–Trinajstić information content (AvgIpc) is 3.73. The number of hydrogen-bond acceptors (Lipinski definition) is 6. The Hall–Kier alpha value is -6.89. The van der Waals surface area contributed by atoms with E-state index in [1.165, 1.54) is 17.3 Å². The van der Waals surface area contributed by atoms with Crippen molar-refractivity contribution >= 4 is 44.4 Å². The fourth-order valence-corrected chi connectivity index (χ4v) is 7.66. The first-order valence-electron chi connectivity index (χ1n) is 17.5. The van der Waals surface area contributed by atoms with Crippen LogP contribution in [-0.4, -0.2) is 23.7 Å². The summed E-state index contributed by atoms with van der Waals surface area (Å²) in [5.41, 5.74) is 14.0. The van der Waals surface area contributed by atoms with E-state index in [0.29, 0.717) is 5.82 Å². The number of pyridine rings is 1. The van der Waals surface area contributed by atoms with Crippen molar-refractivity contribution in [2.24, 2.45) is 0 Å². The predicted octanol–water partition coefficient (Wildman–Crippen LogP) is 12.2. The fraction of sp³-hybridized carbons (Fsp3) is 0. The first kappa shape index (κ1) is 30.9. The summed E-state index contributed by atoms with van der Waals surface area (Å²) in [6, 6.07) is 61.0. The molecule has 0 amide bonds. The Morgan fingerprint density at radius 2 is 0.906 bits per heavy atom. The molecule has 0 aliphatic heterocycles. The Kier molecular flexibility index (Phi) is 7.59. The lowest BCUT2D eigenvalue weighted by Crippen LogP contribution is -1.96. The molecule has 0 N–H and O–H groups in total. The molecule has 10 rings (SSSR count). The van der Waals surface area contributed by atoms with Gasteiger partial charge in [-0.2, -0.15) is 8.75 Å². The molecule has 7 aromatic carbocycles. The maximum absolute atomic E-state index is 5.28. The van der Waals surface area contributed by atoms with Crippen molar-refractivity contribution in [3.63, 3.8) is 0 Å². The van der Waals surface area contributed by atoms with Crippen LogP contribution < -0.4 is 0 Å². The molecule has 0 unspecified atom stereocenters. The van der Waals surface area contributed by atoms with Crippen LogP contribution in [0.3, 0.4) is 0 Å². The summed E-state index contributed by atoms with van der Waals surface area (Å²) in [7, 11) is 0. The highest BCUT2D eigenvalue weighted by atomic mass is 32.1. The molecule has 0 spiro atoms. The van der Waals surface area contributed by atoms with Gasteiger partial charge >= 0.3 is 0 Å². The minimum atomic E-state index is 0.685. The summed E-state index contributed by atoms with van der Waals surface area (Å²) in [4.78, 5) is 15.5. The molecule has 10 aromatic rings. The second-order valence-corrected chi connectivity index (χ2v) is 13.6. The summed E-state index contributed by atoms with van der Waals surface area (Å²) in [6.45, 7) is 0. The molecule has 0 radical (unpaired) electrons. The van der Waals surface area contributed by atoms with Gasteiger partial charge in [0.2, 0.25) is 0 Å². The van der Waals surface area contributed by atoms with Crippen molar-refractivity contribution in [2.45, 2.75) is 0 Å². The summed E-state index contributed by atoms with van der Waals surface area (Å²) in [5, 5.41) is 3.21. The van der Waals surface area contributed by atoms with Crippen LogP contribution >= 0.6 is 11.7 Å². The van der Waals surface area contributed by atoms with E-state index in [1.807, 2.05) is 36.4 Å². The van der Waals surface area contributed by atoms with Gasteiger partial charge in [0.05, 0.1) is 34.3 Å². The maximum atomic E-state index is 5.28. The number of benzene rings is 7. The van der Waals surface area contributed by atoms with E-state index >= 15 is 0 Å². The molecule has 0 bridgehead atoms. The van der Waals surface area contributed by atoms with E-state index in [0.717, 1.165) is 88.7 Å². The van der Waals surface area contributed by atoms with Crippen LogP contribution in [-0.2, 0) is 0 Å². The van der Waals surface area contributed by atoms with Crippen molar-refractivity contribution in [2.75, 3.05) is 0 Å². The Labute approximate surface area is 310 Å². The van der Waals surface area contributed by atoms with Crippen LogP contribution in [0.2, 0.25) is 0 Å². The van der Waals surface area contributed by atoms with Crippen molar-refractivity contribution in [1.29, 1.82) is 0 Å². The minimum Gasteiger partial charge on any atom is -0.247 e. The smallest absolute Gasteiger partial charge is 0.160 e. The topological polar surface area (TPSA) is 64.5 Å². The molecule has 0 aliphatic rings. The van der Waals surface area contributed by atoms with Gasteiger partial charge in [-0.1, -0.05) is 146 Å². The van der Waals surface area contributed by atoms with E-state index in [4.69, 9.17) is 19.3 Å². The molecule has 0 saturated heterocycles. The summed E-state index contributed by atoms with van der Waals surface area (Å²) in [6.07, 6.45) is 0. The normalized spacial score (nSPS) is 11.4. The zero-order valence-electron chi connectivity index (χ0n) is 28.4. The lowest BCUT2D eigenvalue weighted by atomic mass is 9.96. The first-order valence-corrected chi connectivity index (χ1v) is 18.2. The highest BCUT2D eigenvalue weighted by Crippen LogP contribution is 2.38. The van der Waals surface area contributed by atoms with Gasteiger partial charge in [0.1, 0.15) is 11.0 Å². The highest BCUT2D eigenvalue weighted by molar-refractivity contribution is 7.00. The monoisotopic (exact) mass is 695 g/mol. The standard InChI is InChI=1S/C47H29N5S/c1-4-11-30(12-5-1)31-19-21-34(22-20-31)47-49-41(32-13-6-2-7-14-32)29-42(50-47)37-18-10-17-35(27-37)36-23-24-38-43(28-36)48-45(33-15-8-3-9-16-33)39-25-26-40-46(44(38)39)52-53-51-40/h1-29H. The minimum absolute atomic E-state index is 0.685. The van der Waals surface area contributed by atoms with Gasteiger partial charge in [0, 0.05) is 38.4 Å². The molecule has 53 heavy (non-hydrogen) atoms. The van der Waals surface area contributed by atoms with Gasteiger partial charge in [-0.05, 0) is 52.6 Å². The van der Waals surface area contributed by atoms with Gasteiger partial charge in [-0.3, -0.25) is 0 Å². The Morgan fingerprint density at radius 3 is 1.66 bits per heavy atom. The van der Waals surface area contributed by atoms with E-state index < -0.39 is 0 Å². The number of aromatic nitrogens is 5. The van der Waals surface area contributed by atoms with Gasteiger partial charge in [0.25, 0.3) is 0 Å². The molecule has 0 fully saturated rings.